The van der Waals surface area contributed by atoms with Crippen LogP contribution in [-0.2, 0) is 0 Å². The molecule has 0 aliphatic heterocycles. The van der Waals surface area contributed by atoms with E-state index < -0.39 is 17.7 Å². The van der Waals surface area contributed by atoms with Gasteiger partial charge in [-0.15, -0.1) is 0 Å². The lowest BCUT2D eigenvalue weighted by Gasteiger charge is -2.20. The van der Waals surface area contributed by atoms with E-state index in [1.54, 1.807) is 6.92 Å². The highest BCUT2D eigenvalue weighted by Crippen LogP contribution is 2.24. The molecule has 3 nitrogen and oxygen atoms in total. The molecule has 0 saturated carbocycles. The summed E-state index contributed by atoms with van der Waals surface area (Å²) < 4.78 is 26.5. The molecule has 0 spiro atoms. The van der Waals surface area contributed by atoms with Crippen molar-refractivity contribution in [2.24, 2.45) is 0 Å². The third-order valence-electron chi connectivity index (χ3n) is 4.48. The lowest BCUT2D eigenvalue weighted by atomic mass is 10.00. The Labute approximate surface area is 145 Å². The summed E-state index contributed by atoms with van der Waals surface area (Å²) in [5.41, 5.74) is 2.99. The summed E-state index contributed by atoms with van der Waals surface area (Å²) in [6, 6.07) is 10.7. The number of fused-ring (bicyclic) bond motifs is 1. The van der Waals surface area contributed by atoms with E-state index in [0.717, 1.165) is 28.7 Å². The van der Waals surface area contributed by atoms with Gasteiger partial charge in [0.05, 0.1) is 6.04 Å². The zero-order chi connectivity index (χ0) is 18.1. The number of halogens is 2. The monoisotopic (exact) mass is 342 g/mol. The van der Waals surface area contributed by atoms with Crippen LogP contribution in [0.3, 0.4) is 0 Å². The van der Waals surface area contributed by atoms with Gasteiger partial charge in [-0.2, -0.15) is 0 Å². The molecule has 0 unspecified atom stereocenters. The van der Waals surface area contributed by atoms with Gasteiger partial charge in [0.1, 0.15) is 0 Å². The van der Waals surface area contributed by atoms with Gasteiger partial charge in [0.25, 0.3) is 0 Å². The van der Waals surface area contributed by atoms with Crippen molar-refractivity contribution in [3.63, 3.8) is 0 Å². The van der Waals surface area contributed by atoms with Gasteiger partial charge in [0, 0.05) is 28.2 Å². The highest BCUT2D eigenvalue weighted by Gasteiger charge is 2.23. The lowest BCUT2D eigenvalue weighted by Crippen LogP contribution is -2.36. The second kappa shape index (κ2) is 6.76. The van der Waals surface area contributed by atoms with Crippen molar-refractivity contribution in [1.29, 1.82) is 0 Å². The molecule has 130 valence electrons. The normalized spacial score (nSPS) is 13.8. The molecule has 0 amide bonds. The summed E-state index contributed by atoms with van der Waals surface area (Å²) in [6.45, 7) is 5.47. The molecule has 0 saturated heterocycles. The Morgan fingerprint density at radius 3 is 2.52 bits per heavy atom. The van der Waals surface area contributed by atoms with E-state index in [1.807, 2.05) is 38.1 Å². The number of aromatic nitrogens is 1. The summed E-state index contributed by atoms with van der Waals surface area (Å²) in [5.74, 6) is -1.81. The first kappa shape index (κ1) is 17.3. The fourth-order valence-electron chi connectivity index (χ4n) is 3.14. The Bertz CT molecular complexity index is 933. The molecular formula is C20H20F2N2O. The van der Waals surface area contributed by atoms with E-state index >= 15 is 0 Å². The first-order valence-corrected chi connectivity index (χ1v) is 8.21. The number of rotatable bonds is 5. The predicted molar refractivity (Wildman–Crippen MR) is 94.7 cm³/mol. The van der Waals surface area contributed by atoms with E-state index in [-0.39, 0.29) is 11.8 Å². The largest absolute Gasteiger partial charge is 0.358 e. The molecule has 0 aliphatic rings. The van der Waals surface area contributed by atoms with Crippen LogP contribution in [0.5, 0.6) is 0 Å². The predicted octanol–water partition coefficient (Wildman–Crippen LogP) is 4.68. The number of aryl methyl sites for hydroxylation is 1. The number of benzene rings is 2. The Kier molecular flexibility index (Phi) is 4.68. The van der Waals surface area contributed by atoms with Gasteiger partial charge in [0.2, 0.25) is 0 Å². The highest BCUT2D eigenvalue weighted by atomic mass is 19.2. The third-order valence-corrected chi connectivity index (χ3v) is 4.48. The van der Waals surface area contributed by atoms with Crippen molar-refractivity contribution in [1.82, 2.24) is 10.3 Å². The third kappa shape index (κ3) is 3.33. The standard InChI is InChI=1S/C20H20F2N2O/c1-11(14-8-9-16(21)17(22)10-14)23-13(3)20(25)19-12(2)24-18-7-5-4-6-15(18)19/h4-11,13,23-24H,1-3H3/t11-,13-/m1/s1. The van der Waals surface area contributed by atoms with Crippen LogP contribution in [0.25, 0.3) is 10.9 Å². The van der Waals surface area contributed by atoms with Crippen molar-refractivity contribution >= 4 is 16.7 Å². The van der Waals surface area contributed by atoms with E-state index in [2.05, 4.69) is 10.3 Å². The number of H-pyrrole nitrogens is 1. The topological polar surface area (TPSA) is 44.9 Å². The quantitative estimate of drug-likeness (QED) is 0.662. The summed E-state index contributed by atoms with van der Waals surface area (Å²) in [7, 11) is 0. The summed E-state index contributed by atoms with van der Waals surface area (Å²) in [5, 5.41) is 4.06. The fraction of sp³-hybridized carbons (Fsp3) is 0.250. The number of carbonyl (C=O) groups excluding carboxylic acids is 1. The molecule has 2 N–H and O–H groups in total. The molecule has 1 aromatic heterocycles. The van der Waals surface area contributed by atoms with Crippen LogP contribution in [0.2, 0.25) is 0 Å². The van der Waals surface area contributed by atoms with Gasteiger partial charge in [0.15, 0.2) is 17.4 Å². The number of hydrogen-bond acceptors (Lipinski definition) is 2. The molecular weight excluding hydrogens is 322 g/mol. The zero-order valence-electron chi connectivity index (χ0n) is 14.4. The van der Waals surface area contributed by atoms with Gasteiger partial charge in [-0.3, -0.25) is 4.79 Å². The molecule has 3 aromatic rings. The number of ketones is 1. The van der Waals surface area contributed by atoms with Crippen molar-refractivity contribution in [2.45, 2.75) is 32.9 Å². The number of Topliss-reactive ketones (excluding diaryl/α,β-unsaturated/α-hetero) is 1. The van der Waals surface area contributed by atoms with Crippen LogP contribution in [-0.4, -0.2) is 16.8 Å². The van der Waals surface area contributed by atoms with Crippen LogP contribution in [0.15, 0.2) is 42.5 Å². The van der Waals surface area contributed by atoms with Gasteiger partial charge in [-0.05, 0) is 44.5 Å². The molecule has 2 aromatic carbocycles. The van der Waals surface area contributed by atoms with Crippen LogP contribution >= 0.6 is 0 Å². The molecule has 3 rings (SSSR count). The number of hydrogen-bond donors (Lipinski definition) is 2. The van der Waals surface area contributed by atoms with Crippen molar-refractivity contribution in [3.05, 3.63) is 70.9 Å². The van der Waals surface area contributed by atoms with Gasteiger partial charge < -0.3 is 10.3 Å². The maximum Gasteiger partial charge on any atom is 0.181 e. The summed E-state index contributed by atoms with van der Waals surface area (Å²) in [4.78, 5) is 16.1. The van der Waals surface area contributed by atoms with Crippen molar-refractivity contribution in [2.75, 3.05) is 0 Å². The van der Waals surface area contributed by atoms with Gasteiger partial charge in [-0.25, -0.2) is 8.78 Å². The maximum atomic E-state index is 13.4. The molecule has 25 heavy (non-hydrogen) atoms. The minimum Gasteiger partial charge on any atom is -0.358 e. The zero-order valence-corrected chi connectivity index (χ0v) is 14.4. The highest BCUT2D eigenvalue weighted by molar-refractivity contribution is 6.11. The van der Waals surface area contributed by atoms with Crippen LogP contribution in [0.1, 0.15) is 41.5 Å². The minimum atomic E-state index is -0.891. The fourth-order valence-corrected chi connectivity index (χ4v) is 3.14. The molecule has 0 fully saturated rings. The Morgan fingerprint density at radius 1 is 1.08 bits per heavy atom. The van der Waals surface area contributed by atoms with E-state index in [0.29, 0.717) is 11.1 Å². The smallest absolute Gasteiger partial charge is 0.181 e. The second-order valence-corrected chi connectivity index (χ2v) is 6.32. The van der Waals surface area contributed by atoms with Crippen molar-refractivity contribution in [3.8, 4) is 0 Å². The SMILES string of the molecule is Cc1[nH]c2ccccc2c1C(=O)[C@@H](C)N[C@H](C)c1ccc(F)c(F)c1. The molecule has 0 radical (unpaired) electrons. The Hall–Kier alpha value is -2.53. The van der Waals surface area contributed by atoms with Gasteiger partial charge >= 0.3 is 0 Å². The Morgan fingerprint density at radius 2 is 1.80 bits per heavy atom. The van der Waals surface area contributed by atoms with Crippen molar-refractivity contribution < 1.29 is 13.6 Å². The van der Waals surface area contributed by atoms with E-state index in [4.69, 9.17) is 0 Å². The van der Waals surface area contributed by atoms with Crippen LogP contribution in [0, 0.1) is 18.6 Å². The summed E-state index contributed by atoms with van der Waals surface area (Å²) in [6.07, 6.45) is 0. The maximum absolute atomic E-state index is 13.4. The first-order chi connectivity index (χ1) is 11.9. The molecule has 0 aliphatic carbocycles. The van der Waals surface area contributed by atoms with E-state index in [1.165, 1.54) is 6.07 Å². The van der Waals surface area contributed by atoms with E-state index in [9.17, 15) is 13.6 Å². The summed E-state index contributed by atoms with van der Waals surface area (Å²) >= 11 is 0. The van der Waals surface area contributed by atoms with Gasteiger partial charge in [-0.1, -0.05) is 24.3 Å². The number of carbonyl (C=O) groups is 1. The van der Waals surface area contributed by atoms with Crippen LogP contribution in [0.4, 0.5) is 8.78 Å². The number of para-hydroxylation sites is 1. The average molecular weight is 342 g/mol. The van der Waals surface area contributed by atoms with Crippen LogP contribution < -0.4 is 5.32 Å². The number of nitrogens with one attached hydrogen (secondary N) is 2. The molecule has 5 heteroatoms. The molecule has 2 atom stereocenters. The second-order valence-electron chi connectivity index (χ2n) is 6.32. The minimum absolute atomic E-state index is 0.0376. The number of aromatic amines is 1. The molecule has 1 heterocycles. The lowest BCUT2D eigenvalue weighted by molar-refractivity contribution is 0.0946. The molecule has 0 bridgehead atoms. The average Bonchev–Trinajstić information content (AvgIpc) is 2.92. The Balaban J connectivity index is 1.82. The first-order valence-electron chi connectivity index (χ1n) is 8.21.